The first-order chi connectivity index (χ1) is 12.8. The van der Waals surface area contributed by atoms with Crippen LogP contribution in [0.1, 0.15) is 20.8 Å². The highest BCUT2D eigenvalue weighted by Crippen LogP contribution is 2.35. The van der Waals surface area contributed by atoms with E-state index in [1.807, 2.05) is 6.92 Å². The maximum atomic E-state index is 12.6. The maximum Gasteiger partial charge on any atom is 0.341 e. The van der Waals surface area contributed by atoms with Gasteiger partial charge >= 0.3 is 5.97 Å². The molecule has 0 saturated heterocycles. The number of amides is 2. The summed E-state index contributed by atoms with van der Waals surface area (Å²) >= 11 is 7.29. The lowest BCUT2D eigenvalue weighted by molar-refractivity contribution is -0.123. The first kappa shape index (κ1) is 19.2. The quantitative estimate of drug-likeness (QED) is 0.785. The van der Waals surface area contributed by atoms with Crippen molar-refractivity contribution < 1.29 is 23.9 Å². The molecule has 2 aromatic rings. The standard InChI is InChI=1S/C18H17ClN2O5S/c1-9-10(2)27-17(16(9)18(24)25-3)20-14(22)7-21-12-6-11(19)4-5-13(12)26-8-15(21)23/h4-6H,7-8H2,1-3H3,(H,20,22). The van der Waals surface area contributed by atoms with Crippen LogP contribution in [0, 0.1) is 13.8 Å². The van der Waals surface area contributed by atoms with Crippen LogP contribution in [0.3, 0.4) is 0 Å². The van der Waals surface area contributed by atoms with Crippen molar-refractivity contribution in [3.05, 3.63) is 39.2 Å². The number of hydrogen-bond donors (Lipinski definition) is 1. The number of fused-ring (bicyclic) bond motifs is 1. The van der Waals surface area contributed by atoms with Crippen LogP contribution in [0.25, 0.3) is 0 Å². The normalized spacial score (nSPS) is 13.0. The minimum Gasteiger partial charge on any atom is -0.482 e. The smallest absolute Gasteiger partial charge is 0.341 e. The third-order valence-electron chi connectivity index (χ3n) is 4.19. The Morgan fingerprint density at radius 3 is 2.81 bits per heavy atom. The van der Waals surface area contributed by atoms with Crippen molar-refractivity contribution in [2.45, 2.75) is 13.8 Å². The Balaban J connectivity index is 1.83. The Kier molecular flexibility index (Phi) is 5.38. The lowest BCUT2D eigenvalue weighted by Crippen LogP contribution is -2.43. The number of esters is 1. The molecule has 0 saturated carbocycles. The zero-order valence-corrected chi connectivity index (χ0v) is 16.5. The van der Waals surface area contributed by atoms with E-state index in [2.05, 4.69) is 5.32 Å². The monoisotopic (exact) mass is 408 g/mol. The summed E-state index contributed by atoms with van der Waals surface area (Å²) in [4.78, 5) is 39.1. The third-order valence-corrected chi connectivity index (χ3v) is 5.55. The zero-order valence-electron chi connectivity index (χ0n) is 14.9. The number of nitrogens with one attached hydrogen (secondary N) is 1. The van der Waals surface area contributed by atoms with Gasteiger partial charge in [-0.25, -0.2) is 4.79 Å². The maximum absolute atomic E-state index is 12.6. The zero-order chi connectivity index (χ0) is 19.7. The molecule has 0 aliphatic carbocycles. The molecule has 1 aliphatic rings. The molecule has 0 fully saturated rings. The van der Waals surface area contributed by atoms with Gasteiger partial charge in [-0.3, -0.25) is 14.5 Å². The van der Waals surface area contributed by atoms with E-state index in [9.17, 15) is 14.4 Å². The second-order valence-electron chi connectivity index (χ2n) is 5.91. The molecule has 9 heteroatoms. The van der Waals surface area contributed by atoms with Gasteiger partial charge in [0.05, 0.1) is 18.4 Å². The highest BCUT2D eigenvalue weighted by atomic mass is 35.5. The summed E-state index contributed by atoms with van der Waals surface area (Å²) in [5.41, 5.74) is 1.51. The molecular weight excluding hydrogens is 392 g/mol. The Labute approximate surface area is 164 Å². The number of ether oxygens (including phenoxy) is 2. The second kappa shape index (κ2) is 7.58. The molecule has 0 bridgehead atoms. The van der Waals surface area contributed by atoms with E-state index < -0.39 is 11.9 Å². The number of methoxy groups -OCH3 is 1. The first-order valence-electron chi connectivity index (χ1n) is 8.02. The van der Waals surface area contributed by atoms with E-state index in [4.69, 9.17) is 21.1 Å². The van der Waals surface area contributed by atoms with Gasteiger partial charge in [-0.2, -0.15) is 0 Å². The fourth-order valence-corrected chi connectivity index (χ4v) is 3.95. The number of thiophene rings is 1. The van der Waals surface area contributed by atoms with Crippen molar-refractivity contribution in [3.63, 3.8) is 0 Å². The highest BCUT2D eigenvalue weighted by Gasteiger charge is 2.29. The van der Waals surface area contributed by atoms with Crippen LogP contribution in [0.2, 0.25) is 5.02 Å². The van der Waals surface area contributed by atoms with Gasteiger partial charge in [0, 0.05) is 9.90 Å². The van der Waals surface area contributed by atoms with E-state index in [0.717, 1.165) is 10.4 Å². The SMILES string of the molecule is COC(=O)c1c(NC(=O)CN2C(=O)COc3ccc(Cl)cc32)sc(C)c1C. The Morgan fingerprint density at radius 2 is 2.11 bits per heavy atom. The molecule has 2 heterocycles. The summed E-state index contributed by atoms with van der Waals surface area (Å²) < 4.78 is 10.2. The van der Waals surface area contributed by atoms with Crippen LogP contribution < -0.4 is 15.0 Å². The Morgan fingerprint density at radius 1 is 1.37 bits per heavy atom. The lowest BCUT2D eigenvalue weighted by atomic mass is 10.1. The highest BCUT2D eigenvalue weighted by molar-refractivity contribution is 7.16. The van der Waals surface area contributed by atoms with Crippen LogP contribution >= 0.6 is 22.9 Å². The fourth-order valence-electron chi connectivity index (χ4n) is 2.72. The Bertz CT molecular complexity index is 940. The minimum absolute atomic E-state index is 0.160. The van der Waals surface area contributed by atoms with Gasteiger partial charge in [0.15, 0.2) is 6.61 Å². The minimum atomic E-state index is -0.522. The van der Waals surface area contributed by atoms with Crippen molar-refractivity contribution in [1.29, 1.82) is 0 Å². The van der Waals surface area contributed by atoms with Crippen molar-refractivity contribution in [2.24, 2.45) is 0 Å². The largest absolute Gasteiger partial charge is 0.482 e. The number of halogens is 1. The van der Waals surface area contributed by atoms with Crippen LogP contribution in [0.15, 0.2) is 18.2 Å². The van der Waals surface area contributed by atoms with Crippen molar-refractivity contribution in [1.82, 2.24) is 0 Å². The summed E-state index contributed by atoms with van der Waals surface area (Å²) in [5, 5.41) is 3.53. The molecule has 7 nitrogen and oxygen atoms in total. The van der Waals surface area contributed by atoms with E-state index in [-0.39, 0.29) is 19.1 Å². The molecule has 0 spiro atoms. The predicted molar refractivity (Wildman–Crippen MR) is 103 cm³/mol. The molecule has 27 heavy (non-hydrogen) atoms. The van der Waals surface area contributed by atoms with Gasteiger partial charge in [0.25, 0.3) is 5.91 Å². The summed E-state index contributed by atoms with van der Waals surface area (Å²) in [7, 11) is 1.29. The molecule has 0 radical (unpaired) electrons. The van der Waals surface area contributed by atoms with E-state index in [0.29, 0.717) is 27.0 Å². The van der Waals surface area contributed by atoms with Crippen molar-refractivity contribution in [2.75, 3.05) is 30.5 Å². The topological polar surface area (TPSA) is 84.9 Å². The number of aryl methyl sites for hydroxylation is 1. The van der Waals surface area contributed by atoms with Crippen molar-refractivity contribution >= 4 is 51.4 Å². The molecule has 0 atom stereocenters. The number of carbonyl (C=O) groups excluding carboxylic acids is 3. The second-order valence-corrected chi connectivity index (χ2v) is 7.57. The van der Waals surface area contributed by atoms with Gasteiger partial charge in [0.1, 0.15) is 17.3 Å². The Hall–Kier alpha value is -2.58. The first-order valence-corrected chi connectivity index (χ1v) is 9.22. The number of nitrogens with zero attached hydrogens (tertiary/aromatic N) is 1. The number of rotatable bonds is 4. The molecule has 1 N–H and O–H groups in total. The third kappa shape index (κ3) is 3.77. The molecule has 1 aromatic heterocycles. The lowest BCUT2D eigenvalue weighted by Gasteiger charge is -2.28. The van der Waals surface area contributed by atoms with Crippen LogP contribution in [0.5, 0.6) is 5.75 Å². The molecule has 3 rings (SSSR count). The van der Waals surface area contributed by atoms with E-state index in [1.165, 1.54) is 23.3 Å². The predicted octanol–water partition coefficient (Wildman–Crippen LogP) is 3.17. The van der Waals surface area contributed by atoms with Crippen LogP contribution in [-0.2, 0) is 14.3 Å². The molecular formula is C18H17ClN2O5S. The molecule has 0 unspecified atom stereocenters. The van der Waals surface area contributed by atoms with Crippen LogP contribution in [0.4, 0.5) is 10.7 Å². The fraction of sp³-hybridized carbons (Fsp3) is 0.278. The van der Waals surface area contributed by atoms with E-state index >= 15 is 0 Å². The van der Waals surface area contributed by atoms with Crippen LogP contribution in [-0.4, -0.2) is 38.0 Å². The van der Waals surface area contributed by atoms with Crippen molar-refractivity contribution in [3.8, 4) is 5.75 Å². The van der Waals surface area contributed by atoms with Gasteiger partial charge in [-0.1, -0.05) is 11.6 Å². The average Bonchev–Trinajstić information content (AvgIpc) is 2.90. The summed E-state index contributed by atoms with van der Waals surface area (Å²) in [5.74, 6) is -0.842. The number of carbonyl (C=O) groups is 3. The summed E-state index contributed by atoms with van der Waals surface area (Å²) in [6.07, 6.45) is 0. The molecule has 1 aromatic carbocycles. The number of hydrogen-bond acceptors (Lipinski definition) is 6. The average molecular weight is 409 g/mol. The van der Waals surface area contributed by atoms with Gasteiger partial charge in [-0.05, 0) is 37.6 Å². The van der Waals surface area contributed by atoms with E-state index in [1.54, 1.807) is 25.1 Å². The molecule has 142 valence electrons. The van der Waals surface area contributed by atoms with Gasteiger partial charge in [0.2, 0.25) is 5.91 Å². The summed E-state index contributed by atoms with van der Waals surface area (Å²) in [6.45, 7) is 3.25. The number of benzene rings is 1. The molecule has 2 amide bonds. The van der Waals surface area contributed by atoms with Gasteiger partial charge < -0.3 is 14.8 Å². The van der Waals surface area contributed by atoms with Gasteiger partial charge in [-0.15, -0.1) is 11.3 Å². The molecule has 1 aliphatic heterocycles. The summed E-state index contributed by atoms with van der Waals surface area (Å²) in [6, 6.07) is 4.87. The number of anilines is 2.